The highest BCUT2D eigenvalue weighted by Gasteiger charge is 2.21. The zero-order valence-corrected chi connectivity index (χ0v) is 16.2. The van der Waals surface area contributed by atoms with Gasteiger partial charge in [0.25, 0.3) is 5.91 Å². The lowest BCUT2D eigenvalue weighted by Crippen LogP contribution is -2.33. The molecule has 0 aliphatic carbocycles. The van der Waals surface area contributed by atoms with Gasteiger partial charge >= 0.3 is 0 Å². The van der Waals surface area contributed by atoms with Crippen molar-refractivity contribution in [3.63, 3.8) is 0 Å². The van der Waals surface area contributed by atoms with Gasteiger partial charge in [0.05, 0.1) is 6.54 Å². The molecule has 0 bridgehead atoms. The van der Waals surface area contributed by atoms with Crippen molar-refractivity contribution in [2.24, 2.45) is 0 Å². The highest BCUT2D eigenvalue weighted by Crippen LogP contribution is 2.21. The number of hydrogen-bond donors (Lipinski definition) is 2. The van der Waals surface area contributed by atoms with Crippen molar-refractivity contribution in [2.75, 3.05) is 23.3 Å². The first-order valence-electron chi connectivity index (χ1n) is 9.52. The lowest BCUT2D eigenvalue weighted by Gasteiger charge is -2.15. The molecule has 3 amide bonds. The zero-order chi connectivity index (χ0) is 20.1. The van der Waals surface area contributed by atoms with Crippen molar-refractivity contribution in [1.29, 1.82) is 0 Å². The Balaban J connectivity index is 1.53. The van der Waals surface area contributed by atoms with E-state index in [0.29, 0.717) is 30.1 Å². The third-order valence-corrected chi connectivity index (χ3v) is 4.76. The molecule has 2 aromatic rings. The summed E-state index contributed by atoms with van der Waals surface area (Å²) in [6, 6.07) is 14.5. The van der Waals surface area contributed by atoms with E-state index in [4.69, 9.17) is 0 Å². The zero-order valence-electron chi connectivity index (χ0n) is 16.2. The van der Waals surface area contributed by atoms with Crippen LogP contribution in [0.4, 0.5) is 11.4 Å². The minimum Gasteiger partial charge on any atom is -0.343 e. The van der Waals surface area contributed by atoms with Gasteiger partial charge in [-0.25, -0.2) is 0 Å². The number of anilines is 2. The van der Waals surface area contributed by atoms with E-state index in [1.54, 1.807) is 29.2 Å². The topological polar surface area (TPSA) is 78.5 Å². The van der Waals surface area contributed by atoms with Gasteiger partial charge in [-0.05, 0) is 54.3 Å². The second-order valence-electron chi connectivity index (χ2n) is 7.21. The van der Waals surface area contributed by atoms with Crippen LogP contribution >= 0.6 is 0 Å². The summed E-state index contributed by atoms with van der Waals surface area (Å²) in [4.78, 5) is 37.9. The van der Waals surface area contributed by atoms with E-state index < -0.39 is 0 Å². The van der Waals surface area contributed by atoms with Gasteiger partial charge in [-0.3, -0.25) is 14.4 Å². The molecule has 6 nitrogen and oxygen atoms in total. The van der Waals surface area contributed by atoms with Crippen LogP contribution in [0.25, 0.3) is 0 Å². The van der Waals surface area contributed by atoms with E-state index in [2.05, 4.69) is 24.5 Å². The van der Waals surface area contributed by atoms with Crippen LogP contribution in [-0.2, 0) is 9.59 Å². The monoisotopic (exact) mass is 379 g/mol. The van der Waals surface area contributed by atoms with Gasteiger partial charge in [0.1, 0.15) is 0 Å². The number of carbonyl (C=O) groups excluding carboxylic acids is 3. The van der Waals surface area contributed by atoms with Crippen LogP contribution in [0, 0.1) is 0 Å². The quantitative estimate of drug-likeness (QED) is 0.808. The number of carbonyl (C=O) groups is 3. The Morgan fingerprint density at radius 2 is 1.86 bits per heavy atom. The normalized spacial score (nSPS) is 13.7. The van der Waals surface area contributed by atoms with Crippen molar-refractivity contribution < 1.29 is 14.4 Å². The Labute approximate surface area is 164 Å². The second kappa shape index (κ2) is 8.69. The SMILES string of the molecule is CC(C)c1cccc(NC(=O)CNC(=O)c2ccc(N3CCCC3=O)cc2)c1. The molecule has 1 saturated heterocycles. The summed E-state index contributed by atoms with van der Waals surface area (Å²) in [5.74, 6) is -0.135. The summed E-state index contributed by atoms with van der Waals surface area (Å²) in [6.07, 6.45) is 1.42. The van der Waals surface area contributed by atoms with Crippen molar-refractivity contribution in [3.05, 3.63) is 59.7 Å². The minimum absolute atomic E-state index is 0.107. The van der Waals surface area contributed by atoms with E-state index in [1.165, 1.54) is 0 Å². The molecular weight excluding hydrogens is 354 g/mol. The van der Waals surface area contributed by atoms with E-state index in [0.717, 1.165) is 17.7 Å². The van der Waals surface area contributed by atoms with Gasteiger partial charge in [-0.2, -0.15) is 0 Å². The summed E-state index contributed by atoms with van der Waals surface area (Å²) in [5.41, 5.74) is 3.09. The van der Waals surface area contributed by atoms with Crippen molar-refractivity contribution in [2.45, 2.75) is 32.6 Å². The molecule has 146 valence electrons. The maximum Gasteiger partial charge on any atom is 0.251 e. The number of hydrogen-bond acceptors (Lipinski definition) is 3. The molecule has 0 radical (unpaired) electrons. The van der Waals surface area contributed by atoms with Gasteiger partial charge < -0.3 is 15.5 Å². The standard InChI is InChI=1S/C22H25N3O3/c1-15(2)17-5-3-6-18(13-17)24-20(26)14-23-22(28)16-8-10-19(11-9-16)25-12-4-7-21(25)27/h3,5-6,8-11,13,15H,4,7,12,14H2,1-2H3,(H,23,28)(H,24,26). The fourth-order valence-electron chi connectivity index (χ4n) is 3.16. The number of nitrogens with one attached hydrogen (secondary N) is 2. The first-order chi connectivity index (χ1) is 13.4. The Morgan fingerprint density at radius 1 is 1.11 bits per heavy atom. The highest BCUT2D eigenvalue weighted by molar-refractivity contribution is 6.00. The predicted octanol–water partition coefficient (Wildman–Crippen LogP) is 3.31. The molecule has 0 aromatic heterocycles. The molecule has 1 heterocycles. The number of rotatable bonds is 6. The molecule has 1 aliphatic rings. The van der Waals surface area contributed by atoms with E-state index in [1.807, 2.05) is 24.3 Å². The number of amides is 3. The first kappa shape index (κ1) is 19.6. The van der Waals surface area contributed by atoms with Gasteiger partial charge in [0.15, 0.2) is 0 Å². The highest BCUT2D eigenvalue weighted by atomic mass is 16.2. The van der Waals surface area contributed by atoms with Crippen molar-refractivity contribution in [3.8, 4) is 0 Å². The van der Waals surface area contributed by atoms with Gasteiger partial charge in [-0.15, -0.1) is 0 Å². The number of nitrogens with zero attached hydrogens (tertiary/aromatic N) is 1. The van der Waals surface area contributed by atoms with Crippen molar-refractivity contribution in [1.82, 2.24) is 5.32 Å². The Kier molecular flexibility index (Phi) is 6.09. The summed E-state index contributed by atoms with van der Waals surface area (Å²) < 4.78 is 0. The Hall–Kier alpha value is -3.15. The van der Waals surface area contributed by atoms with Crippen LogP contribution in [0.15, 0.2) is 48.5 Å². The van der Waals surface area contributed by atoms with Crippen LogP contribution in [0.3, 0.4) is 0 Å². The minimum atomic E-state index is -0.328. The maximum absolute atomic E-state index is 12.3. The van der Waals surface area contributed by atoms with Crippen molar-refractivity contribution >= 4 is 29.1 Å². The Bertz CT molecular complexity index is 875. The smallest absolute Gasteiger partial charge is 0.251 e. The van der Waals surface area contributed by atoms with Gasteiger partial charge in [0, 0.05) is 29.9 Å². The molecule has 0 saturated carbocycles. The number of benzene rings is 2. The maximum atomic E-state index is 12.3. The third-order valence-electron chi connectivity index (χ3n) is 4.76. The second-order valence-corrected chi connectivity index (χ2v) is 7.21. The summed E-state index contributed by atoms with van der Waals surface area (Å²) in [7, 11) is 0. The first-order valence-corrected chi connectivity index (χ1v) is 9.52. The molecule has 28 heavy (non-hydrogen) atoms. The Morgan fingerprint density at radius 3 is 2.50 bits per heavy atom. The van der Waals surface area contributed by atoms with Crippen LogP contribution in [0.2, 0.25) is 0 Å². The fraction of sp³-hybridized carbons (Fsp3) is 0.318. The molecule has 2 aromatic carbocycles. The van der Waals surface area contributed by atoms with Crippen LogP contribution < -0.4 is 15.5 Å². The molecule has 0 atom stereocenters. The average molecular weight is 379 g/mol. The van der Waals surface area contributed by atoms with E-state index in [9.17, 15) is 14.4 Å². The molecule has 0 unspecified atom stereocenters. The predicted molar refractivity (Wildman–Crippen MR) is 110 cm³/mol. The van der Waals surface area contributed by atoms with Gasteiger partial charge in [-0.1, -0.05) is 26.0 Å². The molecule has 0 spiro atoms. The van der Waals surface area contributed by atoms with Crippen LogP contribution in [0.5, 0.6) is 0 Å². The molecule has 1 aliphatic heterocycles. The molecule has 2 N–H and O–H groups in total. The molecular formula is C22H25N3O3. The van der Waals surface area contributed by atoms with E-state index in [-0.39, 0.29) is 24.3 Å². The average Bonchev–Trinajstić information content (AvgIpc) is 3.12. The molecule has 6 heteroatoms. The summed E-state index contributed by atoms with van der Waals surface area (Å²) in [5, 5.41) is 5.42. The fourth-order valence-corrected chi connectivity index (χ4v) is 3.16. The largest absolute Gasteiger partial charge is 0.343 e. The summed E-state index contributed by atoms with van der Waals surface area (Å²) >= 11 is 0. The van der Waals surface area contributed by atoms with Gasteiger partial charge in [0.2, 0.25) is 11.8 Å². The molecule has 3 rings (SSSR count). The van der Waals surface area contributed by atoms with E-state index >= 15 is 0 Å². The lowest BCUT2D eigenvalue weighted by atomic mass is 10.0. The van der Waals surface area contributed by atoms with Crippen LogP contribution in [-0.4, -0.2) is 30.8 Å². The summed E-state index contributed by atoms with van der Waals surface area (Å²) in [6.45, 7) is 4.78. The van der Waals surface area contributed by atoms with Crippen LogP contribution in [0.1, 0.15) is 48.5 Å². The molecule has 1 fully saturated rings. The lowest BCUT2D eigenvalue weighted by molar-refractivity contribution is -0.117. The third kappa shape index (κ3) is 4.76.